The van der Waals surface area contributed by atoms with Gasteiger partial charge in [-0.25, -0.2) is 0 Å². The number of carbonyl (C=O) groups excluding carboxylic acids is 2. The Hall–Kier alpha value is -2.10. The summed E-state index contributed by atoms with van der Waals surface area (Å²) in [7, 11) is 1.75. The smallest absolute Gasteiger partial charge is 0.246 e. The number of piperazine rings is 1. The molecule has 2 fully saturated rings. The van der Waals surface area contributed by atoms with Gasteiger partial charge in [0.25, 0.3) is 0 Å². The molecule has 1 aromatic carbocycles. The Labute approximate surface area is 125 Å². The molecule has 0 bridgehead atoms. The van der Waals surface area contributed by atoms with Crippen LogP contribution in [-0.4, -0.2) is 47.3 Å². The van der Waals surface area contributed by atoms with E-state index in [2.05, 4.69) is 0 Å². The van der Waals surface area contributed by atoms with E-state index in [0.29, 0.717) is 6.42 Å². The van der Waals surface area contributed by atoms with Gasteiger partial charge in [0.2, 0.25) is 11.8 Å². The van der Waals surface area contributed by atoms with Gasteiger partial charge in [0.1, 0.15) is 12.1 Å². The Balaban J connectivity index is 1.71. The lowest BCUT2D eigenvalue weighted by atomic mass is 10.0. The van der Waals surface area contributed by atoms with E-state index in [1.165, 1.54) is 0 Å². The van der Waals surface area contributed by atoms with Crippen molar-refractivity contribution in [2.75, 3.05) is 13.6 Å². The van der Waals surface area contributed by atoms with Gasteiger partial charge in [-0.05, 0) is 24.8 Å². The van der Waals surface area contributed by atoms with Gasteiger partial charge in [-0.1, -0.05) is 42.5 Å². The molecule has 2 aliphatic heterocycles. The Kier molecular flexibility index (Phi) is 3.78. The summed E-state index contributed by atoms with van der Waals surface area (Å²) in [6.45, 7) is 0.724. The normalized spacial score (nSPS) is 25.8. The van der Waals surface area contributed by atoms with Crippen LogP contribution in [0.25, 0.3) is 6.08 Å². The van der Waals surface area contributed by atoms with Crippen LogP contribution in [0.5, 0.6) is 0 Å². The molecule has 2 saturated heterocycles. The number of hydrogen-bond donors (Lipinski definition) is 0. The van der Waals surface area contributed by atoms with Crippen molar-refractivity contribution in [1.29, 1.82) is 0 Å². The predicted molar refractivity (Wildman–Crippen MR) is 81.4 cm³/mol. The molecular weight excluding hydrogens is 264 g/mol. The van der Waals surface area contributed by atoms with Crippen LogP contribution in [0.3, 0.4) is 0 Å². The van der Waals surface area contributed by atoms with Gasteiger partial charge in [0.05, 0.1) is 0 Å². The fourth-order valence-electron chi connectivity index (χ4n) is 3.19. The van der Waals surface area contributed by atoms with E-state index >= 15 is 0 Å². The highest BCUT2D eigenvalue weighted by molar-refractivity contribution is 5.97. The van der Waals surface area contributed by atoms with Crippen molar-refractivity contribution in [3.05, 3.63) is 42.0 Å². The molecule has 4 heteroatoms. The maximum absolute atomic E-state index is 12.5. The average molecular weight is 284 g/mol. The molecule has 1 aromatic rings. The van der Waals surface area contributed by atoms with Crippen molar-refractivity contribution < 1.29 is 9.59 Å². The minimum atomic E-state index is -0.355. The number of nitrogens with zero attached hydrogens (tertiary/aromatic N) is 2. The molecule has 0 spiro atoms. The summed E-state index contributed by atoms with van der Waals surface area (Å²) in [5, 5.41) is 0. The van der Waals surface area contributed by atoms with E-state index in [-0.39, 0.29) is 23.9 Å². The highest BCUT2D eigenvalue weighted by Gasteiger charge is 2.45. The molecule has 0 N–H and O–H groups in total. The third-order valence-electron chi connectivity index (χ3n) is 4.39. The molecule has 0 aliphatic carbocycles. The van der Waals surface area contributed by atoms with E-state index < -0.39 is 0 Å². The molecule has 4 nitrogen and oxygen atoms in total. The van der Waals surface area contributed by atoms with E-state index in [0.717, 1.165) is 24.9 Å². The Bertz CT molecular complexity index is 567. The molecule has 2 heterocycles. The molecular formula is C17H20N2O2. The van der Waals surface area contributed by atoms with Crippen molar-refractivity contribution in [2.45, 2.75) is 31.3 Å². The lowest BCUT2D eigenvalue weighted by molar-refractivity contribution is -0.157. The van der Waals surface area contributed by atoms with Crippen LogP contribution in [0.4, 0.5) is 0 Å². The second-order valence-corrected chi connectivity index (χ2v) is 5.70. The van der Waals surface area contributed by atoms with Crippen molar-refractivity contribution in [1.82, 2.24) is 9.80 Å². The van der Waals surface area contributed by atoms with Gasteiger partial charge in [-0.2, -0.15) is 0 Å². The Morgan fingerprint density at radius 1 is 1.19 bits per heavy atom. The average Bonchev–Trinajstić information content (AvgIpc) is 2.99. The number of benzene rings is 1. The van der Waals surface area contributed by atoms with Crippen LogP contribution >= 0.6 is 0 Å². The number of rotatable bonds is 3. The zero-order valence-corrected chi connectivity index (χ0v) is 12.2. The second kappa shape index (κ2) is 5.72. The van der Waals surface area contributed by atoms with Gasteiger partial charge in [-0.15, -0.1) is 0 Å². The molecule has 0 saturated carbocycles. The first-order chi connectivity index (χ1) is 10.2. The molecule has 0 aromatic heterocycles. The Morgan fingerprint density at radius 2 is 1.95 bits per heavy atom. The quantitative estimate of drug-likeness (QED) is 0.851. The minimum absolute atomic E-state index is 0.0882. The third-order valence-corrected chi connectivity index (χ3v) is 4.39. The molecule has 2 atom stereocenters. The van der Waals surface area contributed by atoms with Gasteiger partial charge < -0.3 is 9.80 Å². The third kappa shape index (κ3) is 2.58. The monoisotopic (exact) mass is 284 g/mol. The van der Waals surface area contributed by atoms with Gasteiger partial charge in [0, 0.05) is 13.6 Å². The molecule has 21 heavy (non-hydrogen) atoms. The summed E-state index contributed by atoms with van der Waals surface area (Å²) in [6, 6.07) is 9.41. The molecule has 110 valence electrons. The topological polar surface area (TPSA) is 40.6 Å². The standard InChI is InChI=1S/C17H20N2O2/c1-18-14(10-5-9-13-7-3-2-4-8-13)17(21)19-12-6-11-15(19)16(18)20/h2-5,7-9,14-15H,6,10-12H2,1H3/b9-5+. The first-order valence-electron chi connectivity index (χ1n) is 7.47. The van der Waals surface area contributed by atoms with Crippen LogP contribution in [0.2, 0.25) is 0 Å². The van der Waals surface area contributed by atoms with Gasteiger partial charge in [0.15, 0.2) is 0 Å². The summed E-state index contributed by atoms with van der Waals surface area (Å²) in [6.07, 6.45) is 6.29. The summed E-state index contributed by atoms with van der Waals surface area (Å²) in [5.41, 5.74) is 1.11. The summed E-state index contributed by atoms with van der Waals surface area (Å²) >= 11 is 0. The first-order valence-corrected chi connectivity index (χ1v) is 7.47. The maximum atomic E-state index is 12.5. The molecule has 3 rings (SSSR count). The molecule has 2 aliphatic rings. The van der Waals surface area contributed by atoms with Crippen molar-refractivity contribution >= 4 is 17.9 Å². The summed E-state index contributed by atoms with van der Waals surface area (Å²) in [4.78, 5) is 28.2. The predicted octanol–water partition coefficient (Wildman–Crippen LogP) is 1.92. The van der Waals surface area contributed by atoms with Crippen LogP contribution < -0.4 is 0 Å². The van der Waals surface area contributed by atoms with E-state index in [1.807, 2.05) is 42.5 Å². The van der Waals surface area contributed by atoms with E-state index in [4.69, 9.17) is 0 Å². The van der Waals surface area contributed by atoms with Crippen LogP contribution in [0.1, 0.15) is 24.8 Å². The van der Waals surface area contributed by atoms with Gasteiger partial charge in [-0.3, -0.25) is 9.59 Å². The first kappa shape index (κ1) is 13.9. The molecule has 2 amide bonds. The van der Waals surface area contributed by atoms with Crippen molar-refractivity contribution in [2.24, 2.45) is 0 Å². The number of fused-ring (bicyclic) bond motifs is 1. The summed E-state index contributed by atoms with van der Waals surface area (Å²) in [5.74, 6) is 0.183. The number of amides is 2. The zero-order chi connectivity index (χ0) is 14.8. The highest BCUT2D eigenvalue weighted by Crippen LogP contribution is 2.27. The SMILES string of the molecule is CN1C(=O)C2CCCN2C(=O)C1C/C=C/c1ccccc1. The zero-order valence-electron chi connectivity index (χ0n) is 12.2. The lowest BCUT2D eigenvalue weighted by Gasteiger charge is -2.40. The maximum Gasteiger partial charge on any atom is 0.246 e. The van der Waals surface area contributed by atoms with E-state index in [9.17, 15) is 9.59 Å². The second-order valence-electron chi connectivity index (χ2n) is 5.70. The number of carbonyl (C=O) groups is 2. The fourth-order valence-corrected chi connectivity index (χ4v) is 3.19. The van der Waals surface area contributed by atoms with Crippen LogP contribution in [0, 0.1) is 0 Å². The van der Waals surface area contributed by atoms with Gasteiger partial charge >= 0.3 is 0 Å². The number of hydrogen-bond acceptors (Lipinski definition) is 2. The number of likely N-dealkylation sites (N-methyl/N-ethyl adjacent to an activating group) is 1. The Morgan fingerprint density at radius 3 is 2.71 bits per heavy atom. The van der Waals surface area contributed by atoms with Crippen molar-refractivity contribution in [3.63, 3.8) is 0 Å². The molecule has 0 radical (unpaired) electrons. The van der Waals surface area contributed by atoms with E-state index in [1.54, 1.807) is 16.8 Å². The lowest BCUT2D eigenvalue weighted by Crippen LogP contribution is -2.61. The molecule has 2 unspecified atom stereocenters. The fraction of sp³-hybridized carbons (Fsp3) is 0.412. The largest absolute Gasteiger partial charge is 0.332 e. The van der Waals surface area contributed by atoms with Crippen molar-refractivity contribution in [3.8, 4) is 0 Å². The summed E-state index contributed by atoms with van der Waals surface area (Å²) < 4.78 is 0. The highest BCUT2D eigenvalue weighted by atomic mass is 16.2. The van der Waals surface area contributed by atoms with Crippen LogP contribution in [-0.2, 0) is 9.59 Å². The van der Waals surface area contributed by atoms with Crippen LogP contribution in [0.15, 0.2) is 36.4 Å². The minimum Gasteiger partial charge on any atom is -0.332 e.